The van der Waals surface area contributed by atoms with Gasteiger partial charge in [0.2, 0.25) is 11.8 Å². The van der Waals surface area contributed by atoms with Crippen LogP contribution in [0.3, 0.4) is 0 Å². The van der Waals surface area contributed by atoms with E-state index in [1.807, 2.05) is 4.98 Å². The van der Waals surface area contributed by atoms with Gasteiger partial charge in [-0.25, -0.2) is 0 Å². The Bertz CT molecular complexity index is 682. The van der Waals surface area contributed by atoms with E-state index < -0.39 is 34.8 Å². The standard InChI is InChI=1S/C14H16F3N3O3/c1-7(2)20-6-8(3-11(20)21)12(22)19-10-4-9(14(15,16)17)5-18-13(10)23/h4-5,7-8H,3,6H2,1-2H3,(H,18,23)(H,19,22)/t8-/m0/s1. The first-order chi connectivity index (χ1) is 10.6. The number of likely N-dealkylation sites (tertiary alicyclic amines) is 1. The summed E-state index contributed by atoms with van der Waals surface area (Å²) in [5.41, 5.74) is -2.39. The normalized spacial score (nSPS) is 18.6. The molecule has 0 saturated carbocycles. The van der Waals surface area contributed by atoms with Crippen molar-refractivity contribution < 1.29 is 22.8 Å². The van der Waals surface area contributed by atoms with E-state index in [2.05, 4.69) is 5.32 Å². The zero-order valence-electron chi connectivity index (χ0n) is 12.5. The summed E-state index contributed by atoms with van der Waals surface area (Å²) < 4.78 is 37.9. The van der Waals surface area contributed by atoms with Crippen molar-refractivity contribution in [2.24, 2.45) is 5.92 Å². The van der Waals surface area contributed by atoms with Crippen LogP contribution in [0.5, 0.6) is 0 Å². The number of nitrogens with one attached hydrogen (secondary N) is 2. The Labute approximate surface area is 129 Å². The molecule has 0 aromatic carbocycles. The van der Waals surface area contributed by atoms with Gasteiger partial charge in [0.15, 0.2) is 0 Å². The fourth-order valence-electron chi connectivity index (χ4n) is 2.38. The van der Waals surface area contributed by atoms with Crippen molar-refractivity contribution in [1.29, 1.82) is 0 Å². The monoisotopic (exact) mass is 331 g/mol. The molecule has 23 heavy (non-hydrogen) atoms. The van der Waals surface area contributed by atoms with Crippen LogP contribution in [-0.2, 0) is 15.8 Å². The first kappa shape index (κ1) is 17.0. The van der Waals surface area contributed by atoms with Crippen molar-refractivity contribution in [1.82, 2.24) is 9.88 Å². The van der Waals surface area contributed by atoms with Gasteiger partial charge < -0.3 is 15.2 Å². The third-order valence-corrected chi connectivity index (χ3v) is 3.64. The fourth-order valence-corrected chi connectivity index (χ4v) is 2.38. The molecule has 1 fully saturated rings. The van der Waals surface area contributed by atoms with Crippen molar-refractivity contribution in [3.8, 4) is 0 Å². The van der Waals surface area contributed by atoms with Crippen molar-refractivity contribution in [3.63, 3.8) is 0 Å². The number of hydrogen-bond acceptors (Lipinski definition) is 3. The third kappa shape index (κ3) is 3.72. The molecule has 1 aromatic heterocycles. The minimum atomic E-state index is -4.64. The smallest absolute Gasteiger partial charge is 0.339 e. The van der Waals surface area contributed by atoms with Crippen LogP contribution in [-0.4, -0.2) is 34.3 Å². The lowest BCUT2D eigenvalue weighted by Gasteiger charge is -2.20. The van der Waals surface area contributed by atoms with Gasteiger partial charge in [0.25, 0.3) is 5.56 Å². The van der Waals surface area contributed by atoms with E-state index in [9.17, 15) is 27.6 Å². The van der Waals surface area contributed by atoms with E-state index >= 15 is 0 Å². The molecule has 1 atom stereocenters. The van der Waals surface area contributed by atoms with Crippen LogP contribution in [0.15, 0.2) is 17.1 Å². The molecule has 2 heterocycles. The lowest BCUT2D eigenvalue weighted by molar-refractivity contribution is -0.138. The number of anilines is 1. The molecule has 0 spiro atoms. The Morgan fingerprint density at radius 1 is 1.39 bits per heavy atom. The number of hydrogen-bond donors (Lipinski definition) is 2. The molecule has 0 unspecified atom stereocenters. The van der Waals surface area contributed by atoms with Crippen LogP contribution in [0.25, 0.3) is 0 Å². The summed E-state index contributed by atoms with van der Waals surface area (Å²) in [4.78, 5) is 38.9. The number of halogens is 3. The van der Waals surface area contributed by atoms with Gasteiger partial charge in [-0.15, -0.1) is 0 Å². The Morgan fingerprint density at radius 2 is 2.04 bits per heavy atom. The summed E-state index contributed by atoms with van der Waals surface area (Å²) in [6, 6.07) is 0.505. The summed E-state index contributed by atoms with van der Waals surface area (Å²) in [5, 5.41) is 2.18. The molecule has 0 aliphatic carbocycles. The number of aromatic amines is 1. The SMILES string of the molecule is CC(C)N1C[C@@H](C(=O)Nc2cc(C(F)(F)F)c[nH]c2=O)CC1=O. The van der Waals surface area contributed by atoms with Gasteiger partial charge in [0.1, 0.15) is 5.69 Å². The number of carbonyl (C=O) groups is 2. The molecule has 6 nitrogen and oxygen atoms in total. The average molecular weight is 331 g/mol. The Balaban J connectivity index is 2.15. The minimum absolute atomic E-state index is 0.0269. The predicted octanol–water partition coefficient (Wildman–Crippen LogP) is 1.59. The first-order valence-electron chi connectivity index (χ1n) is 7.00. The second-order valence-electron chi connectivity index (χ2n) is 5.66. The Kier molecular flexibility index (Phi) is 4.49. The molecular formula is C14H16F3N3O3. The van der Waals surface area contributed by atoms with Gasteiger partial charge >= 0.3 is 6.18 Å². The van der Waals surface area contributed by atoms with Gasteiger partial charge in [-0.1, -0.05) is 0 Å². The molecule has 1 aromatic rings. The Morgan fingerprint density at radius 3 is 2.57 bits per heavy atom. The lowest BCUT2D eigenvalue weighted by atomic mass is 10.1. The van der Waals surface area contributed by atoms with E-state index in [1.165, 1.54) is 4.90 Å². The molecule has 1 aliphatic rings. The van der Waals surface area contributed by atoms with E-state index in [0.29, 0.717) is 12.3 Å². The molecule has 2 amide bonds. The molecule has 0 bridgehead atoms. The highest BCUT2D eigenvalue weighted by atomic mass is 19.4. The number of rotatable bonds is 3. The largest absolute Gasteiger partial charge is 0.417 e. The van der Waals surface area contributed by atoms with E-state index in [1.54, 1.807) is 13.8 Å². The highest BCUT2D eigenvalue weighted by Crippen LogP contribution is 2.29. The summed E-state index contributed by atoms with van der Waals surface area (Å²) in [7, 11) is 0. The lowest BCUT2D eigenvalue weighted by Crippen LogP contribution is -2.34. The second-order valence-corrected chi connectivity index (χ2v) is 5.66. The predicted molar refractivity (Wildman–Crippen MR) is 75.7 cm³/mol. The maximum atomic E-state index is 12.6. The average Bonchev–Trinajstić information content (AvgIpc) is 2.82. The Hall–Kier alpha value is -2.32. The summed E-state index contributed by atoms with van der Waals surface area (Å²) in [5.74, 6) is -1.54. The van der Waals surface area contributed by atoms with Crippen molar-refractivity contribution in [2.75, 3.05) is 11.9 Å². The maximum Gasteiger partial charge on any atom is 0.417 e. The van der Waals surface area contributed by atoms with Crippen LogP contribution in [0.4, 0.5) is 18.9 Å². The van der Waals surface area contributed by atoms with Crippen LogP contribution >= 0.6 is 0 Å². The second kappa shape index (κ2) is 6.05. The van der Waals surface area contributed by atoms with Gasteiger partial charge in [-0.3, -0.25) is 14.4 Å². The van der Waals surface area contributed by atoms with Gasteiger partial charge in [0, 0.05) is 25.2 Å². The number of H-pyrrole nitrogens is 1. The van der Waals surface area contributed by atoms with Crippen molar-refractivity contribution >= 4 is 17.5 Å². The number of alkyl halides is 3. The molecule has 0 radical (unpaired) electrons. The van der Waals surface area contributed by atoms with Crippen LogP contribution < -0.4 is 10.9 Å². The van der Waals surface area contributed by atoms with E-state index in [4.69, 9.17) is 0 Å². The summed E-state index contributed by atoms with van der Waals surface area (Å²) in [6.45, 7) is 3.78. The van der Waals surface area contributed by atoms with Crippen LogP contribution in [0, 0.1) is 5.92 Å². The third-order valence-electron chi connectivity index (χ3n) is 3.64. The van der Waals surface area contributed by atoms with Crippen molar-refractivity contribution in [3.05, 3.63) is 28.2 Å². The summed E-state index contributed by atoms with van der Waals surface area (Å²) in [6.07, 6.45) is -4.13. The number of nitrogens with zero attached hydrogens (tertiary/aromatic N) is 1. The molecule has 126 valence electrons. The minimum Gasteiger partial charge on any atom is -0.339 e. The molecule has 9 heteroatoms. The fraction of sp³-hybridized carbons (Fsp3) is 0.500. The number of aromatic nitrogens is 1. The highest BCUT2D eigenvalue weighted by Gasteiger charge is 2.36. The molecular weight excluding hydrogens is 315 g/mol. The first-order valence-corrected chi connectivity index (χ1v) is 7.00. The van der Waals surface area contributed by atoms with Gasteiger partial charge in [-0.2, -0.15) is 13.2 Å². The van der Waals surface area contributed by atoms with Crippen LogP contribution in [0.2, 0.25) is 0 Å². The zero-order valence-corrected chi connectivity index (χ0v) is 12.5. The number of pyridine rings is 1. The summed E-state index contributed by atoms with van der Waals surface area (Å²) >= 11 is 0. The quantitative estimate of drug-likeness (QED) is 0.882. The van der Waals surface area contributed by atoms with Crippen molar-refractivity contribution in [2.45, 2.75) is 32.5 Å². The zero-order chi connectivity index (χ0) is 17.4. The maximum absolute atomic E-state index is 12.6. The number of carbonyl (C=O) groups excluding carboxylic acids is 2. The molecule has 2 rings (SSSR count). The topological polar surface area (TPSA) is 82.3 Å². The van der Waals surface area contributed by atoms with E-state index in [0.717, 1.165) is 0 Å². The van der Waals surface area contributed by atoms with Crippen LogP contribution in [0.1, 0.15) is 25.8 Å². The molecule has 1 aliphatic heterocycles. The van der Waals surface area contributed by atoms with Gasteiger partial charge in [-0.05, 0) is 19.9 Å². The number of amides is 2. The molecule has 1 saturated heterocycles. The highest BCUT2D eigenvalue weighted by molar-refractivity contribution is 5.97. The van der Waals surface area contributed by atoms with Gasteiger partial charge in [0.05, 0.1) is 11.5 Å². The van der Waals surface area contributed by atoms with E-state index in [-0.39, 0.29) is 24.9 Å². The molecule has 2 N–H and O–H groups in total.